The molecule has 6 heterocycles. The van der Waals surface area contributed by atoms with Crippen molar-refractivity contribution in [1.82, 2.24) is 40.9 Å². The molecule has 0 fully saturated rings. The third-order valence-electron chi connectivity index (χ3n) is 8.33. The van der Waals surface area contributed by atoms with Crippen LogP contribution in [0.15, 0.2) is 78.7 Å². The fourth-order valence-corrected chi connectivity index (χ4v) is 6.06. The SMILES string of the molecule is C=C1NC(=O)[C@H](C(C)C)NC(=O)[C@H](C(C)CC)NC(=O)c2nc(oc2-c2ccccc2)-c2coc(n2)-c2csc(n2)-c2coc(n2)-c2coc1n2. The molecule has 3 N–H and O–H groups in total. The first kappa shape index (κ1) is 33.3. The van der Waals surface area contributed by atoms with E-state index in [1.165, 1.54) is 30.1 Å². The van der Waals surface area contributed by atoms with Gasteiger partial charge in [0, 0.05) is 10.9 Å². The molecule has 3 atom stereocenters. The summed E-state index contributed by atoms with van der Waals surface area (Å²) in [4.78, 5) is 64.0. The van der Waals surface area contributed by atoms with E-state index in [0.717, 1.165) is 0 Å². The highest BCUT2D eigenvalue weighted by atomic mass is 32.1. The van der Waals surface area contributed by atoms with Gasteiger partial charge in [0.15, 0.2) is 22.8 Å². The number of hydrogen-bond acceptors (Lipinski definition) is 13. The second-order valence-corrected chi connectivity index (χ2v) is 13.1. The second kappa shape index (κ2) is 13.6. The Labute approximate surface area is 294 Å². The molecule has 1 aliphatic rings. The van der Waals surface area contributed by atoms with E-state index >= 15 is 0 Å². The Morgan fingerprint density at radius 3 is 2.14 bits per heavy atom. The van der Waals surface area contributed by atoms with E-state index in [1.807, 2.05) is 19.9 Å². The number of nitrogens with one attached hydrogen (secondary N) is 3. The molecule has 7 rings (SSSR count). The summed E-state index contributed by atoms with van der Waals surface area (Å²) in [5.74, 6) is -1.88. The summed E-state index contributed by atoms with van der Waals surface area (Å²) < 4.78 is 23.1. The standard InChI is InChI=1S/C35H32N8O7S/c1-6-17(4)25-29(45)41-24(16(2)3)28(44)36-18(5)31-37-20(12-47-31)32-39-22(14-49-32)35-40-23(15-51-35)33-38-21(13-48-33)34-43-26(30(46)42-25)27(50-34)19-10-8-7-9-11-19/h7-17,24-25H,5-6H2,1-4H3,(H,36,44)(H,41,45)(H,42,46)/t17?,24-,25-/m0/s1. The summed E-state index contributed by atoms with van der Waals surface area (Å²) in [6.07, 6.45) is 4.65. The Hall–Kier alpha value is -6.16. The van der Waals surface area contributed by atoms with Crippen LogP contribution >= 0.6 is 11.3 Å². The maximum atomic E-state index is 14.0. The molecular weight excluding hydrogens is 677 g/mol. The summed E-state index contributed by atoms with van der Waals surface area (Å²) in [6, 6.07) is 6.94. The van der Waals surface area contributed by atoms with E-state index in [1.54, 1.807) is 43.5 Å². The molecule has 0 spiro atoms. The minimum Gasteiger partial charge on any atom is -0.443 e. The van der Waals surface area contributed by atoms with Crippen LogP contribution in [0.1, 0.15) is 50.5 Å². The number of amides is 3. The third kappa shape index (κ3) is 6.60. The van der Waals surface area contributed by atoms with Gasteiger partial charge in [-0.25, -0.2) is 24.9 Å². The first-order valence-electron chi connectivity index (χ1n) is 16.1. The van der Waals surface area contributed by atoms with Crippen LogP contribution in [0.3, 0.4) is 0 Å². The Morgan fingerprint density at radius 1 is 0.765 bits per heavy atom. The lowest BCUT2D eigenvalue weighted by atomic mass is 9.96. The van der Waals surface area contributed by atoms with Gasteiger partial charge in [0.25, 0.3) is 5.91 Å². The van der Waals surface area contributed by atoms with Crippen molar-refractivity contribution in [1.29, 1.82) is 0 Å². The molecule has 0 saturated carbocycles. The van der Waals surface area contributed by atoms with Crippen LogP contribution < -0.4 is 16.0 Å². The summed E-state index contributed by atoms with van der Waals surface area (Å²) in [5.41, 5.74) is 1.92. The minimum absolute atomic E-state index is 0.0172. The average Bonchev–Trinajstić information content (AvgIpc) is 3.97. The molecule has 6 aromatic rings. The molecule has 1 aromatic carbocycles. The lowest BCUT2D eigenvalue weighted by Gasteiger charge is -2.27. The van der Waals surface area contributed by atoms with E-state index in [9.17, 15) is 14.4 Å². The number of benzene rings is 1. The van der Waals surface area contributed by atoms with Gasteiger partial charge < -0.3 is 33.6 Å². The molecule has 1 unspecified atom stereocenters. The number of oxazole rings is 4. The van der Waals surface area contributed by atoms with Crippen LogP contribution in [0.5, 0.6) is 0 Å². The van der Waals surface area contributed by atoms with Crippen LogP contribution in [0, 0.1) is 11.8 Å². The van der Waals surface area contributed by atoms with Crippen molar-refractivity contribution in [3.8, 4) is 56.8 Å². The zero-order chi connectivity index (χ0) is 35.8. The van der Waals surface area contributed by atoms with Gasteiger partial charge in [0.05, 0.1) is 5.70 Å². The maximum absolute atomic E-state index is 14.0. The summed E-state index contributed by atoms with van der Waals surface area (Å²) in [5, 5.41) is 10.6. The Bertz CT molecular complexity index is 2240. The van der Waals surface area contributed by atoms with Crippen molar-refractivity contribution >= 4 is 34.8 Å². The molecular formula is C35H32N8O7S. The number of nitrogens with zero attached hydrogens (tertiary/aromatic N) is 5. The first-order valence-corrected chi connectivity index (χ1v) is 17.0. The highest BCUT2D eigenvalue weighted by molar-refractivity contribution is 7.13. The van der Waals surface area contributed by atoms with Crippen molar-refractivity contribution in [2.45, 2.75) is 46.2 Å². The van der Waals surface area contributed by atoms with E-state index < -0.39 is 29.8 Å². The van der Waals surface area contributed by atoms with E-state index in [4.69, 9.17) is 17.7 Å². The normalized spacial score (nSPS) is 17.4. The molecule has 10 bridgehead atoms. The van der Waals surface area contributed by atoms with Crippen molar-refractivity contribution in [2.24, 2.45) is 11.8 Å². The number of rotatable bonds is 4. The fourth-order valence-electron chi connectivity index (χ4n) is 5.32. The predicted molar refractivity (Wildman–Crippen MR) is 184 cm³/mol. The van der Waals surface area contributed by atoms with Crippen molar-refractivity contribution in [2.75, 3.05) is 0 Å². The van der Waals surface area contributed by atoms with Gasteiger partial charge in [0.1, 0.15) is 47.3 Å². The molecule has 5 aromatic heterocycles. The molecule has 260 valence electrons. The summed E-state index contributed by atoms with van der Waals surface area (Å²) in [7, 11) is 0. The van der Waals surface area contributed by atoms with E-state index in [2.05, 4.69) is 47.4 Å². The monoisotopic (exact) mass is 708 g/mol. The fraction of sp³-hybridized carbons (Fsp3) is 0.257. The highest BCUT2D eigenvalue weighted by Crippen LogP contribution is 2.34. The number of hydrogen-bond donors (Lipinski definition) is 3. The van der Waals surface area contributed by atoms with Gasteiger partial charge >= 0.3 is 0 Å². The second-order valence-electron chi connectivity index (χ2n) is 12.2. The molecule has 0 saturated heterocycles. The maximum Gasteiger partial charge on any atom is 0.274 e. The van der Waals surface area contributed by atoms with Crippen molar-refractivity contribution in [3.05, 3.63) is 72.7 Å². The lowest BCUT2D eigenvalue weighted by molar-refractivity contribution is -0.131. The number of carbonyl (C=O) groups is 3. The van der Waals surface area contributed by atoms with Gasteiger partial charge in [-0.05, 0) is 11.8 Å². The number of thiazole rings is 1. The Kier molecular flexibility index (Phi) is 8.91. The van der Waals surface area contributed by atoms with Crippen LogP contribution in [0.4, 0.5) is 0 Å². The van der Waals surface area contributed by atoms with Gasteiger partial charge in [-0.15, -0.1) is 11.3 Å². The Balaban J connectivity index is 1.31. The zero-order valence-corrected chi connectivity index (χ0v) is 28.7. The first-order chi connectivity index (χ1) is 24.6. The van der Waals surface area contributed by atoms with Crippen LogP contribution in [0.25, 0.3) is 62.5 Å². The van der Waals surface area contributed by atoms with Crippen LogP contribution in [0.2, 0.25) is 0 Å². The van der Waals surface area contributed by atoms with Gasteiger partial charge in [-0.3, -0.25) is 14.4 Å². The lowest BCUT2D eigenvalue weighted by Crippen LogP contribution is -2.57. The van der Waals surface area contributed by atoms with E-state index in [-0.39, 0.29) is 63.9 Å². The molecule has 15 nitrogen and oxygen atoms in total. The quantitative estimate of drug-likeness (QED) is 0.198. The minimum atomic E-state index is -1.04. The Morgan fingerprint density at radius 2 is 1.41 bits per heavy atom. The summed E-state index contributed by atoms with van der Waals surface area (Å²) in [6.45, 7) is 11.2. The molecule has 0 aliphatic carbocycles. The summed E-state index contributed by atoms with van der Waals surface area (Å²) >= 11 is 1.29. The van der Waals surface area contributed by atoms with Crippen LogP contribution in [-0.2, 0) is 9.59 Å². The molecule has 51 heavy (non-hydrogen) atoms. The smallest absolute Gasteiger partial charge is 0.274 e. The largest absolute Gasteiger partial charge is 0.443 e. The number of fused-ring (bicyclic) bond motifs is 14. The number of aromatic nitrogens is 5. The number of carbonyl (C=O) groups excluding carboxylic acids is 3. The predicted octanol–water partition coefficient (Wildman–Crippen LogP) is 5.82. The zero-order valence-electron chi connectivity index (χ0n) is 27.9. The van der Waals surface area contributed by atoms with Gasteiger partial charge in [-0.2, -0.15) is 0 Å². The highest BCUT2D eigenvalue weighted by Gasteiger charge is 2.34. The molecule has 3 amide bonds. The van der Waals surface area contributed by atoms with Crippen LogP contribution in [-0.4, -0.2) is 54.7 Å². The molecule has 1 aliphatic heterocycles. The van der Waals surface area contributed by atoms with Crippen molar-refractivity contribution in [3.63, 3.8) is 0 Å². The van der Waals surface area contributed by atoms with E-state index in [0.29, 0.717) is 28.4 Å². The van der Waals surface area contributed by atoms with Crippen molar-refractivity contribution < 1.29 is 32.1 Å². The third-order valence-corrected chi connectivity index (χ3v) is 9.20. The van der Waals surface area contributed by atoms with Gasteiger partial charge in [-0.1, -0.05) is 71.0 Å². The average molecular weight is 709 g/mol. The molecule has 16 heteroatoms. The molecule has 0 radical (unpaired) electrons. The topological polar surface area (TPSA) is 204 Å². The van der Waals surface area contributed by atoms with Gasteiger partial charge in [0.2, 0.25) is 35.4 Å².